The molecule has 0 aliphatic rings. The van der Waals surface area contributed by atoms with Gasteiger partial charge in [0, 0.05) is 9.75 Å². The Morgan fingerprint density at radius 2 is 1.20 bits per heavy atom. The number of aryl methyl sites for hydroxylation is 2. The molecule has 0 saturated heterocycles. The maximum absolute atomic E-state index is 11.6. The van der Waals surface area contributed by atoms with Gasteiger partial charge in [-0.2, -0.15) is 0 Å². The number of carbonyl (C=O) groups excluding carboxylic acids is 2. The highest BCUT2D eigenvalue weighted by atomic mass is 32.1. The van der Waals surface area contributed by atoms with E-state index in [0.717, 1.165) is 20.9 Å². The fourth-order valence-corrected chi connectivity index (χ4v) is 4.26. The van der Waals surface area contributed by atoms with Gasteiger partial charge in [0.05, 0.1) is 14.2 Å². The van der Waals surface area contributed by atoms with Crippen molar-refractivity contribution in [3.8, 4) is 9.75 Å². The zero-order chi connectivity index (χ0) is 14.9. The topological polar surface area (TPSA) is 52.6 Å². The molecule has 0 amide bonds. The van der Waals surface area contributed by atoms with Crippen LogP contribution in [-0.4, -0.2) is 26.2 Å². The highest BCUT2D eigenvalue weighted by Crippen LogP contribution is 2.39. The SMILES string of the molecule is COC(=O)c1cc(C)c(-c2sc(C(=O)OC)cc2C)s1. The molecule has 0 N–H and O–H groups in total. The number of methoxy groups -OCH3 is 2. The van der Waals surface area contributed by atoms with Crippen LogP contribution in [-0.2, 0) is 9.47 Å². The third-order valence-electron chi connectivity index (χ3n) is 2.81. The molecule has 106 valence electrons. The summed E-state index contributed by atoms with van der Waals surface area (Å²) in [5.41, 5.74) is 1.99. The van der Waals surface area contributed by atoms with Crippen LogP contribution in [0.15, 0.2) is 12.1 Å². The second-order valence-corrected chi connectivity index (χ2v) is 6.33. The minimum absolute atomic E-state index is 0.341. The van der Waals surface area contributed by atoms with Crippen molar-refractivity contribution >= 4 is 34.6 Å². The Bertz CT molecular complexity index is 609. The van der Waals surface area contributed by atoms with Gasteiger partial charge in [0.15, 0.2) is 0 Å². The summed E-state index contributed by atoms with van der Waals surface area (Å²) in [4.78, 5) is 26.2. The van der Waals surface area contributed by atoms with Gasteiger partial charge in [0.2, 0.25) is 0 Å². The third-order valence-corrected chi connectivity index (χ3v) is 5.41. The van der Waals surface area contributed by atoms with Crippen LogP contribution >= 0.6 is 22.7 Å². The second-order valence-electron chi connectivity index (χ2n) is 4.23. The van der Waals surface area contributed by atoms with Crippen LogP contribution in [0.4, 0.5) is 0 Å². The molecule has 0 saturated carbocycles. The number of rotatable bonds is 3. The molecule has 6 heteroatoms. The van der Waals surface area contributed by atoms with Gasteiger partial charge in [-0.15, -0.1) is 22.7 Å². The summed E-state index contributed by atoms with van der Waals surface area (Å²) in [5, 5.41) is 0. The summed E-state index contributed by atoms with van der Waals surface area (Å²) in [6.07, 6.45) is 0. The Balaban J connectivity index is 2.46. The zero-order valence-corrected chi connectivity index (χ0v) is 13.2. The molecule has 2 rings (SSSR count). The van der Waals surface area contributed by atoms with Crippen molar-refractivity contribution in [3.63, 3.8) is 0 Å². The normalized spacial score (nSPS) is 10.4. The number of esters is 2. The van der Waals surface area contributed by atoms with Crippen LogP contribution in [0.5, 0.6) is 0 Å². The van der Waals surface area contributed by atoms with Crippen LogP contribution < -0.4 is 0 Å². The fraction of sp³-hybridized carbons (Fsp3) is 0.286. The molecule has 0 aromatic carbocycles. The van der Waals surface area contributed by atoms with Crippen molar-refractivity contribution in [3.05, 3.63) is 33.0 Å². The first-order valence-electron chi connectivity index (χ1n) is 5.85. The zero-order valence-electron chi connectivity index (χ0n) is 11.6. The lowest BCUT2D eigenvalue weighted by molar-refractivity contribution is 0.0597. The van der Waals surface area contributed by atoms with E-state index in [1.807, 2.05) is 26.0 Å². The first-order chi connectivity index (χ1) is 9.47. The molecule has 0 radical (unpaired) electrons. The Labute approximate surface area is 125 Å². The van der Waals surface area contributed by atoms with Crippen molar-refractivity contribution in [2.24, 2.45) is 0 Å². The number of hydrogen-bond donors (Lipinski definition) is 0. The molecule has 0 atom stereocenters. The maximum atomic E-state index is 11.6. The molecular weight excluding hydrogens is 296 g/mol. The molecule has 2 heterocycles. The van der Waals surface area contributed by atoms with Gasteiger partial charge >= 0.3 is 11.9 Å². The van der Waals surface area contributed by atoms with E-state index < -0.39 is 0 Å². The van der Waals surface area contributed by atoms with Crippen molar-refractivity contribution in [2.45, 2.75) is 13.8 Å². The average molecular weight is 310 g/mol. The lowest BCUT2D eigenvalue weighted by atomic mass is 10.2. The molecule has 0 bridgehead atoms. The molecular formula is C14H14O4S2. The average Bonchev–Trinajstić information content (AvgIpc) is 3.00. The van der Waals surface area contributed by atoms with E-state index in [1.54, 1.807) is 0 Å². The second kappa shape index (κ2) is 5.76. The largest absolute Gasteiger partial charge is 0.465 e. The number of ether oxygens (including phenoxy) is 2. The van der Waals surface area contributed by atoms with Gasteiger partial charge in [0.1, 0.15) is 9.75 Å². The molecule has 0 unspecified atom stereocenters. The quantitative estimate of drug-likeness (QED) is 0.812. The first kappa shape index (κ1) is 14.7. The van der Waals surface area contributed by atoms with Gasteiger partial charge in [-0.3, -0.25) is 0 Å². The van der Waals surface area contributed by atoms with Crippen LogP contribution in [0.2, 0.25) is 0 Å². The standard InChI is InChI=1S/C14H14O4S2/c1-7-5-9(13(15)17-3)19-11(7)12-8(2)6-10(20-12)14(16)18-4/h5-6H,1-4H3. The maximum Gasteiger partial charge on any atom is 0.348 e. The highest BCUT2D eigenvalue weighted by Gasteiger charge is 2.19. The molecule has 2 aromatic heterocycles. The van der Waals surface area contributed by atoms with Gasteiger partial charge in [-0.05, 0) is 37.1 Å². The van der Waals surface area contributed by atoms with E-state index in [-0.39, 0.29) is 11.9 Å². The summed E-state index contributed by atoms with van der Waals surface area (Å²) >= 11 is 2.75. The van der Waals surface area contributed by atoms with E-state index in [9.17, 15) is 9.59 Å². The minimum atomic E-state index is -0.341. The van der Waals surface area contributed by atoms with Crippen molar-refractivity contribution in [2.75, 3.05) is 14.2 Å². The summed E-state index contributed by atoms with van der Waals surface area (Å²) in [6.45, 7) is 3.88. The number of thiophene rings is 2. The molecule has 2 aromatic rings. The van der Waals surface area contributed by atoms with Gasteiger partial charge < -0.3 is 9.47 Å². The van der Waals surface area contributed by atoms with Gasteiger partial charge in [-0.1, -0.05) is 0 Å². The van der Waals surface area contributed by atoms with Crippen molar-refractivity contribution < 1.29 is 19.1 Å². The lowest BCUT2D eigenvalue weighted by Crippen LogP contribution is -1.96. The first-order valence-corrected chi connectivity index (χ1v) is 7.49. The Kier molecular flexibility index (Phi) is 4.25. The summed E-state index contributed by atoms with van der Waals surface area (Å²) < 4.78 is 9.46. The molecule has 20 heavy (non-hydrogen) atoms. The molecule has 0 aliphatic heterocycles. The number of hydrogen-bond acceptors (Lipinski definition) is 6. The van der Waals surface area contributed by atoms with Crippen LogP contribution in [0.3, 0.4) is 0 Å². The summed E-state index contributed by atoms with van der Waals surface area (Å²) in [5.74, 6) is -0.682. The van der Waals surface area contributed by atoms with E-state index in [2.05, 4.69) is 0 Å². The van der Waals surface area contributed by atoms with E-state index in [4.69, 9.17) is 9.47 Å². The van der Waals surface area contributed by atoms with Gasteiger partial charge in [0.25, 0.3) is 0 Å². The Morgan fingerprint density at radius 1 is 0.850 bits per heavy atom. The summed E-state index contributed by atoms with van der Waals surface area (Å²) in [7, 11) is 2.73. The monoisotopic (exact) mass is 310 g/mol. The Morgan fingerprint density at radius 3 is 1.50 bits per heavy atom. The van der Waals surface area contributed by atoms with E-state index in [1.165, 1.54) is 36.9 Å². The molecule has 0 fully saturated rings. The minimum Gasteiger partial charge on any atom is -0.465 e. The van der Waals surface area contributed by atoms with Crippen LogP contribution in [0.1, 0.15) is 30.5 Å². The molecule has 0 aliphatic carbocycles. The van der Waals surface area contributed by atoms with Crippen LogP contribution in [0.25, 0.3) is 9.75 Å². The van der Waals surface area contributed by atoms with Crippen LogP contribution in [0, 0.1) is 13.8 Å². The van der Waals surface area contributed by atoms with E-state index in [0.29, 0.717) is 9.75 Å². The highest BCUT2D eigenvalue weighted by molar-refractivity contribution is 7.24. The fourth-order valence-electron chi connectivity index (χ4n) is 1.82. The molecule has 4 nitrogen and oxygen atoms in total. The van der Waals surface area contributed by atoms with Crippen molar-refractivity contribution in [1.29, 1.82) is 0 Å². The van der Waals surface area contributed by atoms with Gasteiger partial charge in [-0.25, -0.2) is 9.59 Å². The number of carbonyl (C=O) groups is 2. The van der Waals surface area contributed by atoms with E-state index >= 15 is 0 Å². The lowest BCUT2D eigenvalue weighted by Gasteiger charge is -1.97. The smallest absolute Gasteiger partial charge is 0.348 e. The predicted octanol–water partition coefficient (Wildman–Crippen LogP) is 3.67. The molecule has 0 spiro atoms. The summed E-state index contributed by atoms with van der Waals surface area (Å²) in [6, 6.07) is 3.62. The van der Waals surface area contributed by atoms with Crippen molar-refractivity contribution in [1.82, 2.24) is 0 Å². The Hall–Kier alpha value is -1.66. The predicted molar refractivity (Wildman–Crippen MR) is 79.8 cm³/mol. The third kappa shape index (κ3) is 2.62.